The Labute approximate surface area is 157 Å². The molecule has 0 heterocycles. The molecule has 0 unspecified atom stereocenters. The molecule has 0 saturated heterocycles. The molecule has 0 aliphatic heterocycles. The number of carbonyl (C=O) groups excluding carboxylic acids is 1. The van der Waals surface area contributed by atoms with Gasteiger partial charge in [0.1, 0.15) is 5.75 Å². The van der Waals surface area contributed by atoms with Crippen LogP contribution >= 0.6 is 22.6 Å². The molecule has 24 heavy (non-hydrogen) atoms. The first-order valence-corrected chi connectivity index (χ1v) is 9.21. The molecule has 4 heteroatoms. The van der Waals surface area contributed by atoms with Crippen LogP contribution in [0.15, 0.2) is 48.5 Å². The average molecular weight is 437 g/mol. The first kappa shape index (κ1) is 18.8. The van der Waals surface area contributed by atoms with Crippen molar-refractivity contribution < 1.29 is 9.53 Å². The average Bonchev–Trinajstić information content (AvgIpc) is 2.54. The molecule has 0 spiro atoms. The summed E-state index contributed by atoms with van der Waals surface area (Å²) >= 11 is 2.24. The van der Waals surface area contributed by atoms with Crippen molar-refractivity contribution in [1.29, 1.82) is 0 Å². The second-order valence-corrected chi connectivity index (χ2v) is 8.03. The summed E-state index contributed by atoms with van der Waals surface area (Å²) in [6.45, 7) is 8.46. The van der Waals surface area contributed by atoms with E-state index in [-0.39, 0.29) is 11.3 Å². The Morgan fingerprint density at radius 1 is 1.08 bits per heavy atom. The second kappa shape index (κ2) is 8.01. The molecule has 128 valence electrons. The van der Waals surface area contributed by atoms with Crippen molar-refractivity contribution in [2.24, 2.45) is 0 Å². The third-order valence-electron chi connectivity index (χ3n) is 3.77. The van der Waals surface area contributed by atoms with Gasteiger partial charge in [-0.15, -0.1) is 0 Å². The van der Waals surface area contributed by atoms with E-state index in [9.17, 15) is 4.79 Å². The zero-order valence-corrected chi connectivity index (χ0v) is 16.8. The molecule has 0 radical (unpaired) electrons. The van der Waals surface area contributed by atoms with Gasteiger partial charge in [-0.05, 0) is 76.4 Å². The normalized spacial score (nSPS) is 12.5. The molecule has 2 rings (SSSR count). The van der Waals surface area contributed by atoms with Gasteiger partial charge in [-0.1, -0.05) is 39.8 Å². The summed E-state index contributed by atoms with van der Waals surface area (Å²) in [5, 5.41) is 2.91. The van der Waals surface area contributed by atoms with Crippen molar-refractivity contribution in [2.45, 2.75) is 45.6 Å². The lowest BCUT2D eigenvalue weighted by Crippen LogP contribution is -2.32. The lowest BCUT2D eigenvalue weighted by Gasteiger charge is -2.21. The molecule has 0 aliphatic rings. The highest BCUT2D eigenvalue weighted by molar-refractivity contribution is 14.1. The quantitative estimate of drug-likeness (QED) is 0.638. The molecule has 1 N–H and O–H groups in total. The van der Waals surface area contributed by atoms with Crippen LogP contribution in [0, 0.1) is 3.57 Å². The maximum absolute atomic E-state index is 12.4. The van der Waals surface area contributed by atoms with Crippen molar-refractivity contribution >= 4 is 34.2 Å². The van der Waals surface area contributed by atoms with Gasteiger partial charge >= 0.3 is 0 Å². The van der Waals surface area contributed by atoms with Crippen LogP contribution in [0.2, 0.25) is 0 Å². The standard InChI is InChI=1S/C20H24INO2/c1-5-18(19(23)22-16-10-8-15(21)9-11-16)24-17-12-6-14(7-13-17)20(2,3)4/h6-13,18H,5H2,1-4H3,(H,22,23)/t18-/m1/s1. The Balaban J connectivity index is 2.03. The predicted molar refractivity (Wildman–Crippen MR) is 108 cm³/mol. The summed E-state index contributed by atoms with van der Waals surface area (Å²) in [6.07, 6.45) is 0.0989. The van der Waals surface area contributed by atoms with Gasteiger partial charge in [0.15, 0.2) is 6.10 Å². The fourth-order valence-corrected chi connectivity index (χ4v) is 2.64. The molecule has 2 aromatic carbocycles. The Kier molecular flexibility index (Phi) is 6.27. The summed E-state index contributed by atoms with van der Waals surface area (Å²) < 4.78 is 7.01. The van der Waals surface area contributed by atoms with Gasteiger partial charge < -0.3 is 10.1 Å². The molecule has 0 aliphatic carbocycles. The highest BCUT2D eigenvalue weighted by Gasteiger charge is 2.19. The van der Waals surface area contributed by atoms with Gasteiger partial charge in [-0.3, -0.25) is 4.79 Å². The van der Waals surface area contributed by atoms with E-state index in [2.05, 4.69) is 60.8 Å². The van der Waals surface area contributed by atoms with E-state index in [1.807, 2.05) is 43.3 Å². The fraction of sp³-hybridized carbons (Fsp3) is 0.350. The van der Waals surface area contributed by atoms with Crippen LogP contribution in [0.4, 0.5) is 5.69 Å². The molecule has 0 aromatic heterocycles. The van der Waals surface area contributed by atoms with E-state index in [4.69, 9.17) is 4.74 Å². The molecule has 0 bridgehead atoms. The minimum absolute atomic E-state index is 0.102. The van der Waals surface area contributed by atoms with Gasteiger partial charge in [-0.2, -0.15) is 0 Å². The van der Waals surface area contributed by atoms with Crippen molar-refractivity contribution in [3.63, 3.8) is 0 Å². The smallest absolute Gasteiger partial charge is 0.265 e. The molecule has 2 aromatic rings. The minimum atomic E-state index is -0.509. The Morgan fingerprint density at radius 2 is 1.67 bits per heavy atom. The van der Waals surface area contributed by atoms with Gasteiger partial charge in [0.25, 0.3) is 5.91 Å². The summed E-state index contributed by atoms with van der Waals surface area (Å²) in [6, 6.07) is 15.7. The van der Waals surface area contributed by atoms with Crippen molar-refractivity contribution in [3.8, 4) is 5.75 Å². The Hall–Kier alpha value is -1.56. The Bertz CT molecular complexity index is 672. The van der Waals surface area contributed by atoms with Crippen LogP contribution in [-0.4, -0.2) is 12.0 Å². The van der Waals surface area contributed by atoms with E-state index >= 15 is 0 Å². The number of anilines is 1. The van der Waals surface area contributed by atoms with Gasteiger partial charge in [0, 0.05) is 9.26 Å². The molecule has 1 amide bonds. The highest BCUT2D eigenvalue weighted by Crippen LogP contribution is 2.25. The number of carbonyl (C=O) groups is 1. The lowest BCUT2D eigenvalue weighted by molar-refractivity contribution is -0.122. The Morgan fingerprint density at radius 3 is 2.17 bits per heavy atom. The fourth-order valence-electron chi connectivity index (χ4n) is 2.28. The zero-order valence-electron chi connectivity index (χ0n) is 14.6. The number of nitrogens with one attached hydrogen (secondary N) is 1. The lowest BCUT2D eigenvalue weighted by atomic mass is 9.87. The number of benzene rings is 2. The molecule has 0 saturated carbocycles. The summed E-state index contributed by atoms with van der Waals surface area (Å²) in [4.78, 5) is 12.4. The number of ether oxygens (including phenoxy) is 1. The molecule has 3 nitrogen and oxygen atoms in total. The van der Waals surface area contributed by atoms with Gasteiger partial charge in [0.2, 0.25) is 0 Å². The van der Waals surface area contributed by atoms with Crippen LogP contribution < -0.4 is 10.1 Å². The van der Waals surface area contributed by atoms with Crippen LogP contribution in [0.25, 0.3) is 0 Å². The number of amides is 1. The maximum Gasteiger partial charge on any atom is 0.265 e. The molecular weight excluding hydrogens is 413 g/mol. The second-order valence-electron chi connectivity index (χ2n) is 6.79. The highest BCUT2D eigenvalue weighted by atomic mass is 127. The van der Waals surface area contributed by atoms with Crippen molar-refractivity contribution in [2.75, 3.05) is 5.32 Å². The predicted octanol–water partition coefficient (Wildman–Crippen LogP) is 5.38. The molecule has 1 atom stereocenters. The van der Waals surface area contributed by atoms with Gasteiger partial charge in [0.05, 0.1) is 0 Å². The molecular formula is C20H24INO2. The molecule has 0 fully saturated rings. The van der Waals surface area contributed by atoms with Crippen LogP contribution in [-0.2, 0) is 10.2 Å². The first-order chi connectivity index (χ1) is 11.3. The van der Waals surface area contributed by atoms with E-state index in [0.717, 1.165) is 9.26 Å². The largest absolute Gasteiger partial charge is 0.481 e. The minimum Gasteiger partial charge on any atom is -0.481 e. The van der Waals surface area contributed by atoms with Crippen LogP contribution in [0.3, 0.4) is 0 Å². The number of hydrogen-bond donors (Lipinski definition) is 1. The van der Waals surface area contributed by atoms with E-state index in [0.29, 0.717) is 12.2 Å². The van der Waals surface area contributed by atoms with E-state index in [1.165, 1.54) is 5.56 Å². The number of rotatable bonds is 5. The third-order valence-corrected chi connectivity index (χ3v) is 4.49. The zero-order chi connectivity index (χ0) is 17.7. The van der Waals surface area contributed by atoms with Crippen LogP contribution in [0.5, 0.6) is 5.75 Å². The van der Waals surface area contributed by atoms with Gasteiger partial charge in [-0.25, -0.2) is 0 Å². The van der Waals surface area contributed by atoms with Crippen molar-refractivity contribution in [3.05, 3.63) is 57.7 Å². The monoisotopic (exact) mass is 437 g/mol. The third kappa shape index (κ3) is 5.23. The maximum atomic E-state index is 12.4. The topological polar surface area (TPSA) is 38.3 Å². The summed E-state index contributed by atoms with van der Waals surface area (Å²) in [5.41, 5.74) is 2.13. The summed E-state index contributed by atoms with van der Waals surface area (Å²) in [7, 11) is 0. The van der Waals surface area contributed by atoms with E-state index < -0.39 is 6.10 Å². The van der Waals surface area contributed by atoms with E-state index in [1.54, 1.807) is 0 Å². The number of halogens is 1. The summed E-state index contributed by atoms with van der Waals surface area (Å²) in [5.74, 6) is 0.589. The van der Waals surface area contributed by atoms with Crippen molar-refractivity contribution in [1.82, 2.24) is 0 Å². The first-order valence-electron chi connectivity index (χ1n) is 8.13. The SMILES string of the molecule is CC[C@@H](Oc1ccc(C(C)(C)C)cc1)C(=O)Nc1ccc(I)cc1. The number of hydrogen-bond acceptors (Lipinski definition) is 2. The van der Waals surface area contributed by atoms with Crippen LogP contribution in [0.1, 0.15) is 39.7 Å².